The first-order valence-electron chi connectivity index (χ1n) is 4.41. The summed E-state index contributed by atoms with van der Waals surface area (Å²) in [6, 6.07) is 0. The van der Waals surface area contributed by atoms with Gasteiger partial charge in [0.15, 0.2) is 0 Å². The molecule has 0 atom stereocenters. The number of rotatable bonds is 0. The van der Waals surface area contributed by atoms with Gasteiger partial charge in [-0.05, 0) is 36.5 Å². The van der Waals surface area contributed by atoms with Crippen molar-refractivity contribution in [2.24, 2.45) is 10.8 Å². The summed E-state index contributed by atoms with van der Waals surface area (Å²) in [5.41, 5.74) is 1.27. The van der Waals surface area contributed by atoms with Gasteiger partial charge in [-0.1, -0.05) is 27.7 Å². The minimum atomic E-state index is 0.634. The molecule has 0 saturated heterocycles. The first kappa shape index (κ1) is 8.10. The Bertz CT molecular complexity index is 92.0. The Morgan fingerprint density at radius 1 is 0.600 bits per heavy atom. The van der Waals surface area contributed by atoms with Gasteiger partial charge in [-0.25, -0.2) is 0 Å². The first-order valence-corrected chi connectivity index (χ1v) is 4.41. The van der Waals surface area contributed by atoms with E-state index in [0.29, 0.717) is 10.8 Å². The van der Waals surface area contributed by atoms with Gasteiger partial charge in [0.1, 0.15) is 0 Å². The molecule has 0 spiro atoms. The van der Waals surface area contributed by atoms with Crippen molar-refractivity contribution in [2.75, 3.05) is 0 Å². The summed E-state index contributed by atoms with van der Waals surface area (Å²) in [5.74, 6) is 0. The Labute approximate surface area is 65.0 Å². The quantitative estimate of drug-likeness (QED) is 0.482. The summed E-state index contributed by atoms with van der Waals surface area (Å²) >= 11 is 0. The molecule has 0 aromatic rings. The zero-order valence-corrected chi connectivity index (χ0v) is 7.83. The summed E-state index contributed by atoms with van der Waals surface area (Å²) in [7, 11) is 0. The SMILES string of the molecule is CC1(C)CCC(C)(C)CC1. The van der Waals surface area contributed by atoms with E-state index < -0.39 is 0 Å². The molecule has 0 aromatic heterocycles. The van der Waals surface area contributed by atoms with Crippen molar-refractivity contribution >= 4 is 0 Å². The topological polar surface area (TPSA) is 0 Å². The maximum Gasteiger partial charge on any atom is -0.0354 e. The molecule has 60 valence electrons. The van der Waals surface area contributed by atoms with Gasteiger partial charge in [-0.2, -0.15) is 0 Å². The van der Waals surface area contributed by atoms with Crippen LogP contribution in [0.15, 0.2) is 0 Å². The predicted molar refractivity (Wildman–Crippen MR) is 46.0 cm³/mol. The molecule has 0 nitrogen and oxygen atoms in total. The second kappa shape index (κ2) is 2.25. The van der Waals surface area contributed by atoms with Gasteiger partial charge < -0.3 is 0 Å². The Hall–Kier alpha value is 0. The van der Waals surface area contributed by atoms with Gasteiger partial charge in [0.25, 0.3) is 0 Å². The first-order chi connectivity index (χ1) is 4.41. The van der Waals surface area contributed by atoms with Crippen LogP contribution >= 0.6 is 0 Å². The van der Waals surface area contributed by atoms with Gasteiger partial charge in [0, 0.05) is 0 Å². The fourth-order valence-electron chi connectivity index (χ4n) is 1.60. The molecule has 0 N–H and O–H groups in total. The van der Waals surface area contributed by atoms with E-state index in [1.54, 1.807) is 0 Å². The Morgan fingerprint density at radius 2 is 0.800 bits per heavy atom. The highest BCUT2D eigenvalue weighted by molar-refractivity contribution is 4.82. The second-order valence-corrected chi connectivity index (χ2v) is 5.33. The fraction of sp³-hybridized carbons (Fsp3) is 1.00. The maximum absolute atomic E-state index is 2.39. The normalized spacial score (nSPS) is 30.0. The van der Waals surface area contributed by atoms with Gasteiger partial charge in [-0.15, -0.1) is 0 Å². The monoisotopic (exact) mass is 140 g/mol. The van der Waals surface area contributed by atoms with Gasteiger partial charge in [0.2, 0.25) is 0 Å². The molecule has 1 saturated carbocycles. The minimum absolute atomic E-state index is 0.634. The smallest absolute Gasteiger partial charge is 0.0354 e. The van der Waals surface area contributed by atoms with Crippen molar-refractivity contribution in [3.05, 3.63) is 0 Å². The minimum Gasteiger partial charge on any atom is -0.0599 e. The average Bonchev–Trinajstić information content (AvgIpc) is 1.79. The van der Waals surface area contributed by atoms with E-state index in [-0.39, 0.29) is 0 Å². The molecule has 1 aliphatic rings. The molecule has 1 rings (SSSR count). The van der Waals surface area contributed by atoms with E-state index >= 15 is 0 Å². The van der Waals surface area contributed by atoms with Crippen LogP contribution in [0.4, 0.5) is 0 Å². The Kier molecular flexibility index (Phi) is 1.82. The lowest BCUT2D eigenvalue weighted by molar-refractivity contribution is 0.133. The molecule has 0 bridgehead atoms. The van der Waals surface area contributed by atoms with Crippen LogP contribution in [-0.2, 0) is 0 Å². The third kappa shape index (κ3) is 2.00. The van der Waals surface area contributed by atoms with Crippen LogP contribution in [0.3, 0.4) is 0 Å². The van der Waals surface area contributed by atoms with Crippen molar-refractivity contribution in [2.45, 2.75) is 53.4 Å². The number of hydrogen-bond acceptors (Lipinski definition) is 0. The molecule has 1 aliphatic carbocycles. The molecule has 0 amide bonds. The van der Waals surface area contributed by atoms with E-state index in [0.717, 1.165) is 0 Å². The van der Waals surface area contributed by atoms with E-state index in [2.05, 4.69) is 27.7 Å². The molecule has 0 aliphatic heterocycles. The van der Waals surface area contributed by atoms with E-state index in [1.165, 1.54) is 25.7 Å². The molecule has 0 radical (unpaired) electrons. The summed E-state index contributed by atoms with van der Waals surface area (Å²) in [6.07, 6.45) is 5.67. The van der Waals surface area contributed by atoms with Crippen LogP contribution < -0.4 is 0 Å². The zero-order chi connectivity index (χ0) is 7.83. The highest BCUT2D eigenvalue weighted by Gasteiger charge is 2.30. The fourth-order valence-corrected chi connectivity index (χ4v) is 1.60. The molecule has 0 heterocycles. The van der Waals surface area contributed by atoms with Crippen LogP contribution in [0.25, 0.3) is 0 Å². The third-order valence-electron chi connectivity index (χ3n) is 2.96. The van der Waals surface area contributed by atoms with Crippen molar-refractivity contribution in [1.82, 2.24) is 0 Å². The lowest BCUT2D eigenvalue weighted by atomic mass is 9.67. The van der Waals surface area contributed by atoms with Crippen LogP contribution in [0.1, 0.15) is 53.4 Å². The van der Waals surface area contributed by atoms with E-state index in [1.807, 2.05) is 0 Å². The second-order valence-electron chi connectivity index (χ2n) is 5.33. The summed E-state index contributed by atoms with van der Waals surface area (Å²) in [4.78, 5) is 0. The molecular formula is C10H20. The standard InChI is InChI=1S/C10H20/c1-9(2)5-7-10(3,4)8-6-9/h5-8H2,1-4H3. The van der Waals surface area contributed by atoms with Crippen LogP contribution in [-0.4, -0.2) is 0 Å². The van der Waals surface area contributed by atoms with Crippen LogP contribution in [0.2, 0.25) is 0 Å². The van der Waals surface area contributed by atoms with Gasteiger partial charge in [-0.3, -0.25) is 0 Å². The molecule has 1 fully saturated rings. The third-order valence-corrected chi connectivity index (χ3v) is 2.96. The zero-order valence-electron chi connectivity index (χ0n) is 7.83. The van der Waals surface area contributed by atoms with Crippen molar-refractivity contribution in [1.29, 1.82) is 0 Å². The average molecular weight is 140 g/mol. The highest BCUT2D eigenvalue weighted by atomic mass is 14.4. The summed E-state index contributed by atoms with van der Waals surface area (Å²) < 4.78 is 0. The van der Waals surface area contributed by atoms with Crippen molar-refractivity contribution in [3.63, 3.8) is 0 Å². The lowest BCUT2D eigenvalue weighted by Gasteiger charge is -2.39. The van der Waals surface area contributed by atoms with Crippen LogP contribution in [0.5, 0.6) is 0 Å². The Balaban J connectivity index is 2.46. The maximum atomic E-state index is 2.39. The van der Waals surface area contributed by atoms with Crippen LogP contribution in [0, 0.1) is 10.8 Å². The summed E-state index contributed by atoms with van der Waals surface area (Å²) in [5, 5.41) is 0. The molecule has 0 aromatic carbocycles. The van der Waals surface area contributed by atoms with E-state index in [9.17, 15) is 0 Å². The van der Waals surface area contributed by atoms with Gasteiger partial charge >= 0.3 is 0 Å². The lowest BCUT2D eigenvalue weighted by Crippen LogP contribution is -2.26. The van der Waals surface area contributed by atoms with Gasteiger partial charge in [0.05, 0.1) is 0 Å². The molecule has 0 unspecified atom stereocenters. The van der Waals surface area contributed by atoms with Crippen molar-refractivity contribution in [3.8, 4) is 0 Å². The largest absolute Gasteiger partial charge is 0.0599 e. The van der Waals surface area contributed by atoms with Crippen molar-refractivity contribution < 1.29 is 0 Å². The molecular weight excluding hydrogens is 120 g/mol. The predicted octanol–water partition coefficient (Wildman–Crippen LogP) is 3.61. The molecule has 10 heavy (non-hydrogen) atoms. The Morgan fingerprint density at radius 3 is 1.00 bits per heavy atom. The summed E-state index contributed by atoms with van der Waals surface area (Å²) in [6.45, 7) is 9.56. The number of hydrogen-bond donors (Lipinski definition) is 0. The highest BCUT2D eigenvalue weighted by Crippen LogP contribution is 2.44. The molecule has 0 heteroatoms. The van der Waals surface area contributed by atoms with E-state index in [4.69, 9.17) is 0 Å².